The molecule has 2 aromatic heterocycles. The van der Waals surface area contributed by atoms with E-state index in [-0.39, 0.29) is 5.28 Å². The summed E-state index contributed by atoms with van der Waals surface area (Å²) in [6.07, 6.45) is 0. The molecule has 2 heterocycles. The Morgan fingerprint density at radius 3 is 2.67 bits per heavy atom. The lowest BCUT2D eigenvalue weighted by atomic mass is 10.5. The molecule has 0 aliphatic carbocycles. The number of hydrogen-bond acceptors (Lipinski definition) is 6. The van der Waals surface area contributed by atoms with Crippen molar-refractivity contribution >= 4 is 23.4 Å². The van der Waals surface area contributed by atoms with Crippen molar-refractivity contribution < 1.29 is 4.74 Å². The summed E-state index contributed by atoms with van der Waals surface area (Å²) in [5.74, 6) is 0.513. The highest BCUT2D eigenvalue weighted by atomic mass is 35.5. The average Bonchev–Trinajstić information content (AvgIpc) is 2.31. The van der Waals surface area contributed by atoms with Crippen molar-refractivity contribution in [1.82, 2.24) is 20.2 Å². The molecular formula is C11H11ClN4OS. The number of aryl methyl sites for hydroxylation is 1. The Morgan fingerprint density at radius 2 is 2.06 bits per heavy atom. The van der Waals surface area contributed by atoms with Crippen LogP contribution in [0.2, 0.25) is 5.28 Å². The van der Waals surface area contributed by atoms with Crippen molar-refractivity contribution in [2.24, 2.45) is 0 Å². The normalized spacial score (nSPS) is 10.4. The molecule has 0 spiro atoms. The number of halogens is 1. The van der Waals surface area contributed by atoms with Gasteiger partial charge in [0.15, 0.2) is 0 Å². The van der Waals surface area contributed by atoms with E-state index in [1.165, 1.54) is 11.8 Å². The van der Waals surface area contributed by atoms with E-state index in [0.29, 0.717) is 12.5 Å². The molecule has 94 valence electrons. The molecule has 0 atom stereocenters. The number of nitrogens with zero attached hydrogens (tertiary/aromatic N) is 4. The van der Waals surface area contributed by atoms with Gasteiger partial charge in [-0.2, -0.15) is 0 Å². The van der Waals surface area contributed by atoms with Crippen molar-refractivity contribution in [3.05, 3.63) is 29.2 Å². The molecule has 0 saturated carbocycles. The first-order valence-electron chi connectivity index (χ1n) is 5.33. The fraction of sp³-hybridized carbons (Fsp3) is 0.273. The largest absolute Gasteiger partial charge is 0.477 e. The monoisotopic (exact) mass is 282 g/mol. The van der Waals surface area contributed by atoms with Gasteiger partial charge in [0.2, 0.25) is 11.2 Å². The summed E-state index contributed by atoms with van der Waals surface area (Å²) in [5.41, 5.74) is 0.816. The lowest BCUT2D eigenvalue weighted by molar-refractivity contribution is 0.321. The van der Waals surface area contributed by atoms with Crippen LogP contribution in [0.1, 0.15) is 12.6 Å². The zero-order valence-electron chi connectivity index (χ0n) is 9.92. The van der Waals surface area contributed by atoms with Gasteiger partial charge in [-0.3, -0.25) is 0 Å². The Kier molecular flexibility index (Phi) is 4.33. The fourth-order valence-corrected chi connectivity index (χ4v) is 2.32. The minimum atomic E-state index is 0.233. The van der Waals surface area contributed by atoms with Crippen LogP contribution in [0, 0.1) is 6.92 Å². The van der Waals surface area contributed by atoms with E-state index in [2.05, 4.69) is 20.2 Å². The smallest absolute Gasteiger partial charge is 0.233 e. The van der Waals surface area contributed by atoms with Crippen LogP contribution in [-0.2, 0) is 0 Å². The van der Waals surface area contributed by atoms with E-state index in [0.717, 1.165) is 15.7 Å². The molecule has 0 fully saturated rings. The summed E-state index contributed by atoms with van der Waals surface area (Å²) in [6.45, 7) is 4.33. The van der Waals surface area contributed by atoms with Crippen molar-refractivity contribution in [3.63, 3.8) is 0 Å². The first-order valence-corrected chi connectivity index (χ1v) is 6.52. The summed E-state index contributed by atoms with van der Waals surface area (Å²) >= 11 is 7.17. The molecule has 0 N–H and O–H groups in total. The Labute approximate surface area is 114 Å². The summed E-state index contributed by atoms with van der Waals surface area (Å²) < 4.78 is 5.22. The molecule has 0 bridgehead atoms. The molecule has 7 heteroatoms. The van der Waals surface area contributed by atoms with Crippen LogP contribution < -0.4 is 4.74 Å². The van der Waals surface area contributed by atoms with Gasteiger partial charge in [0.05, 0.1) is 6.61 Å². The van der Waals surface area contributed by atoms with Crippen LogP contribution in [0.25, 0.3) is 0 Å². The van der Waals surface area contributed by atoms with E-state index >= 15 is 0 Å². The van der Waals surface area contributed by atoms with Crippen molar-refractivity contribution in [2.75, 3.05) is 6.61 Å². The second-order valence-electron chi connectivity index (χ2n) is 3.36. The lowest BCUT2D eigenvalue weighted by Crippen LogP contribution is -1.96. The highest BCUT2D eigenvalue weighted by Gasteiger charge is 2.05. The van der Waals surface area contributed by atoms with Crippen LogP contribution >= 0.6 is 23.4 Å². The van der Waals surface area contributed by atoms with Gasteiger partial charge in [-0.05, 0) is 49.3 Å². The molecule has 18 heavy (non-hydrogen) atoms. The fourth-order valence-electron chi connectivity index (χ4n) is 1.25. The molecule has 0 amide bonds. The zero-order valence-corrected chi connectivity index (χ0v) is 11.5. The third-order valence-electron chi connectivity index (χ3n) is 1.92. The zero-order chi connectivity index (χ0) is 13.0. The second-order valence-corrected chi connectivity index (χ2v) is 4.74. The Morgan fingerprint density at radius 1 is 1.22 bits per heavy atom. The molecule has 0 radical (unpaired) electrons. The maximum atomic E-state index is 5.79. The Balaban J connectivity index is 2.13. The first kappa shape index (κ1) is 13.0. The highest BCUT2D eigenvalue weighted by molar-refractivity contribution is 7.99. The van der Waals surface area contributed by atoms with Crippen molar-refractivity contribution in [1.29, 1.82) is 0 Å². The van der Waals surface area contributed by atoms with Gasteiger partial charge in [0.25, 0.3) is 0 Å². The van der Waals surface area contributed by atoms with Crippen LogP contribution in [0.3, 0.4) is 0 Å². The number of aromatic nitrogens is 4. The molecule has 0 saturated heterocycles. The minimum absolute atomic E-state index is 0.233. The molecule has 0 unspecified atom stereocenters. The Bertz CT molecular complexity index is 515. The second kappa shape index (κ2) is 5.97. The van der Waals surface area contributed by atoms with Gasteiger partial charge >= 0.3 is 0 Å². The summed E-state index contributed by atoms with van der Waals surface area (Å²) in [6, 6.07) is 5.44. The molecule has 2 aromatic rings. The van der Waals surface area contributed by atoms with Gasteiger partial charge in [0.1, 0.15) is 10.1 Å². The maximum absolute atomic E-state index is 5.79. The predicted octanol–water partition coefficient (Wildman–Crippen LogP) is 2.78. The van der Waals surface area contributed by atoms with Crippen molar-refractivity contribution in [2.45, 2.75) is 23.9 Å². The standard InChI is InChI=1S/C11H11ClN4OS/c1-3-17-8-4-5-9(16-15-8)18-10-6-7(2)13-11(12)14-10/h4-6H,3H2,1-2H3. The van der Waals surface area contributed by atoms with Crippen LogP contribution in [0.15, 0.2) is 28.3 Å². The predicted molar refractivity (Wildman–Crippen MR) is 69.1 cm³/mol. The van der Waals surface area contributed by atoms with Crippen LogP contribution in [0.4, 0.5) is 0 Å². The van der Waals surface area contributed by atoms with Crippen molar-refractivity contribution in [3.8, 4) is 5.88 Å². The van der Waals surface area contributed by atoms with Gasteiger partial charge < -0.3 is 4.74 Å². The summed E-state index contributed by atoms with van der Waals surface area (Å²) in [5, 5.41) is 9.68. The van der Waals surface area contributed by atoms with Gasteiger partial charge in [0, 0.05) is 11.8 Å². The number of hydrogen-bond donors (Lipinski definition) is 0. The molecule has 2 rings (SSSR count). The van der Waals surface area contributed by atoms with Gasteiger partial charge in [-0.15, -0.1) is 10.2 Å². The van der Waals surface area contributed by atoms with E-state index in [1.807, 2.05) is 26.0 Å². The maximum Gasteiger partial charge on any atom is 0.233 e. The highest BCUT2D eigenvalue weighted by Crippen LogP contribution is 2.25. The minimum Gasteiger partial charge on any atom is -0.477 e. The average molecular weight is 283 g/mol. The number of rotatable bonds is 4. The van der Waals surface area contributed by atoms with Gasteiger partial charge in [-0.1, -0.05) is 0 Å². The first-order chi connectivity index (χ1) is 8.67. The van der Waals surface area contributed by atoms with E-state index in [9.17, 15) is 0 Å². The number of ether oxygens (including phenoxy) is 1. The molecule has 0 aliphatic heterocycles. The summed E-state index contributed by atoms with van der Waals surface area (Å²) in [7, 11) is 0. The third-order valence-corrected chi connectivity index (χ3v) is 2.93. The lowest BCUT2D eigenvalue weighted by Gasteiger charge is -2.03. The van der Waals surface area contributed by atoms with Gasteiger partial charge in [-0.25, -0.2) is 9.97 Å². The summed E-state index contributed by atoms with van der Waals surface area (Å²) in [4.78, 5) is 8.11. The molecule has 0 aromatic carbocycles. The topological polar surface area (TPSA) is 60.8 Å². The molecular weight excluding hydrogens is 272 g/mol. The van der Waals surface area contributed by atoms with Crippen LogP contribution in [0.5, 0.6) is 5.88 Å². The third kappa shape index (κ3) is 3.54. The van der Waals surface area contributed by atoms with Crippen LogP contribution in [-0.4, -0.2) is 26.8 Å². The SMILES string of the molecule is CCOc1ccc(Sc2cc(C)nc(Cl)n2)nn1. The van der Waals surface area contributed by atoms with E-state index in [1.54, 1.807) is 6.07 Å². The molecule has 5 nitrogen and oxygen atoms in total. The molecule has 0 aliphatic rings. The van der Waals surface area contributed by atoms with E-state index in [4.69, 9.17) is 16.3 Å². The quantitative estimate of drug-likeness (QED) is 0.635. The van der Waals surface area contributed by atoms with E-state index < -0.39 is 0 Å². The Hall–Kier alpha value is -1.40.